The van der Waals surface area contributed by atoms with Gasteiger partial charge in [0.1, 0.15) is 0 Å². The average molecular weight is 171 g/mol. The minimum atomic E-state index is 0.359. The number of hydrogen-bond donors (Lipinski definition) is 1. The van der Waals surface area contributed by atoms with Gasteiger partial charge >= 0.3 is 0 Å². The molecular weight excluding hydrogens is 150 g/mol. The first-order chi connectivity index (χ1) is 5.55. The normalized spacial score (nSPS) is 35.0. The molecule has 2 atom stereocenters. The molecule has 0 saturated heterocycles. The molecule has 0 spiro atoms. The SMILES string of the molecule is COCC1CC(C)(C)CCC1N. The molecule has 1 aliphatic rings. The summed E-state index contributed by atoms with van der Waals surface area (Å²) in [5.74, 6) is 0.568. The fourth-order valence-electron chi connectivity index (χ4n) is 2.15. The van der Waals surface area contributed by atoms with Gasteiger partial charge in [-0.05, 0) is 30.6 Å². The van der Waals surface area contributed by atoms with Crippen LogP contribution in [0.4, 0.5) is 0 Å². The lowest BCUT2D eigenvalue weighted by atomic mass is 9.70. The highest BCUT2D eigenvalue weighted by Gasteiger charge is 2.32. The third kappa shape index (κ3) is 2.46. The summed E-state index contributed by atoms with van der Waals surface area (Å²) >= 11 is 0. The van der Waals surface area contributed by atoms with Crippen LogP contribution in [0.3, 0.4) is 0 Å². The van der Waals surface area contributed by atoms with Gasteiger partial charge in [0, 0.05) is 13.2 Å². The summed E-state index contributed by atoms with van der Waals surface area (Å²) in [5.41, 5.74) is 6.48. The molecule has 12 heavy (non-hydrogen) atoms. The van der Waals surface area contributed by atoms with Crippen molar-refractivity contribution >= 4 is 0 Å². The Morgan fingerprint density at radius 1 is 1.50 bits per heavy atom. The molecule has 0 aliphatic heterocycles. The van der Waals surface area contributed by atoms with Gasteiger partial charge in [0.15, 0.2) is 0 Å². The van der Waals surface area contributed by atoms with Gasteiger partial charge in [0.25, 0.3) is 0 Å². The summed E-state index contributed by atoms with van der Waals surface area (Å²) in [5, 5.41) is 0. The zero-order valence-electron chi connectivity index (χ0n) is 8.47. The molecule has 0 aromatic carbocycles. The fraction of sp³-hybridized carbons (Fsp3) is 1.00. The third-order valence-electron chi connectivity index (χ3n) is 2.96. The molecule has 2 heteroatoms. The molecular formula is C10H21NO. The molecule has 0 aromatic heterocycles. The van der Waals surface area contributed by atoms with Crippen molar-refractivity contribution in [2.45, 2.75) is 39.2 Å². The van der Waals surface area contributed by atoms with E-state index in [2.05, 4.69) is 13.8 Å². The molecule has 1 aliphatic carbocycles. The fourth-order valence-corrected chi connectivity index (χ4v) is 2.15. The Morgan fingerprint density at radius 3 is 2.75 bits per heavy atom. The Morgan fingerprint density at radius 2 is 2.17 bits per heavy atom. The van der Waals surface area contributed by atoms with E-state index in [1.807, 2.05) is 0 Å². The maximum atomic E-state index is 6.01. The van der Waals surface area contributed by atoms with Crippen LogP contribution < -0.4 is 5.73 Å². The number of methoxy groups -OCH3 is 1. The van der Waals surface area contributed by atoms with Crippen LogP contribution in [0.25, 0.3) is 0 Å². The quantitative estimate of drug-likeness (QED) is 0.687. The van der Waals surface area contributed by atoms with Crippen LogP contribution in [0.5, 0.6) is 0 Å². The number of ether oxygens (including phenoxy) is 1. The number of rotatable bonds is 2. The third-order valence-corrected chi connectivity index (χ3v) is 2.96. The highest BCUT2D eigenvalue weighted by molar-refractivity contribution is 4.86. The first kappa shape index (κ1) is 10.0. The Balaban J connectivity index is 2.47. The van der Waals surface area contributed by atoms with Crippen molar-refractivity contribution in [3.63, 3.8) is 0 Å². The maximum Gasteiger partial charge on any atom is 0.0505 e. The molecule has 1 fully saturated rings. The van der Waals surface area contributed by atoms with Crippen molar-refractivity contribution in [2.75, 3.05) is 13.7 Å². The molecule has 1 saturated carbocycles. The first-order valence-electron chi connectivity index (χ1n) is 4.80. The Hall–Kier alpha value is -0.0800. The van der Waals surface area contributed by atoms with E-state index in [9.17, 15) is 0 Å². The van der Waals surface area contributed by atoms with Crippen molar-refractivity contribution in [1.29, 1.82) is 0 Å². The molecule has 2 unspecified atom stereocenters. The summed E-state index contributed by atoms with van der Waals surface area (Å²) in [6.45, 7) is 5.47. The van der Waals surface area contributed by atoms with Crippen LogP contribution in [-0.2, 0) is 4.74 Å². The number of hydrogen-bond acceptors (Lipinski definition) is 2. The van der Waals surface area contributed by atoms with E-state index in [4.69, 9.17) is 10.5 Å². The largest absolute Gasteiger partial charge is 0.384 e. The molecule has 1 rings (SSSR count). The Bertz CT molecular complexity index is 145. The van der Waals surface area contributed by atoms with Gasteiger partial charge in [-0.2, -0.15) is 0 Å². The molecule has 0 amide bonds. The molecule has 0 bridgehead atoms. The van der Waals surface area contributed by atoms with Crippen molar-refractivity contribution in [3.8, 4) is 0 Å². The van der Waals surface area contributed by atoms with Gasteiger partial charge in [0.05, 0.1) is 6.61 Å². The van der Waals surface area contributed by atoms with E-state index in [1.54, 1.807) is 7.11 Å². The van der Waals surface area contributed by atoms with Crippen LogP contribution in [0.15, 0.2) is 0 Å². The van der Waals surface area contributed by atoms with E-state index < -0.39 is 0 Å². The minimum Gasteiger partial charge on any atom is -0.384 e. The molecule has 0 aromatic rings. The van der Waals surface area contributed by atoms with Crippen LogP contribution in [0.2, 0.25) is 0 Å². The van der Waals surface area contributed by atoms with Gasteiger partial charge in [-0.3, -0.25) is 0 Å². The van der Waals surface area contributed by atoms with E-state index in [-0.39, 0.29) is 0 Å². The van der Waals surface area contributed by atoms with Crippen LogP contribution in [-0.4, -0.2) is 19.8 Å². The Kier molecular flexibility index (Phi) is 3.13. The lowest BCUT2D eigenvalue weighted by Gasteiger charge is -2.38. The minimum absolute atomic E-state index is 0.359. The lowest BCUT2D eigenvalue weighted by Crippen LogP contribution is -2.41. The van der Waals surface area contributed by atoms with Gasteiger partial charge in [-0.25, -0.2) is 0 Å². The summed E-state index contributed by atoms with van der Waals surface area (Å²) in [6.07, 6.45) is 3.62. The van der Waals surface area contributed by atoms with E-state index >= 15 is 0 Å². The smallest absolute Gasteiger partial charge is 0.0505 e. The zero-order valence-corrected chi connectivity index (χ0v) is 8.47. The van der Waals surface area contributed by atoms with Crippen molar-refractivity contribution < 1.29 is 4.74 Å². The van der Waals surface area contributed by atoms with Gasteiger partial charge in [-0.15, -0.1) is 0 Å². The second-order valence-electron chi connectivity index (χ2n) is 4.79. The summed E-state index contributed by atoms with van der Waals surface area (Å²) < 4.78 is 5.17. The lowest BCUT2D eigenvalue weighted by molar-refractivity contribution is 0.0740. The van der Waals surface area contributed by atoms with Crippen molar-refractivity contribution in [2.24, 2.45) is 17.1 Å². The summed E-state index contributed by atoms with van der Waals surface area (Å²) in [4.78, 5) is 0. The highest BCUT2D eigenvalue weighted by atomic mass is 16.5. The monoisotopic (exact) mass is 171 g/mol. The van der Waals surface area contributed by atoms with E-state index in [1.165, 1.54) is 12.8 Å². The molecule has 2 nitrogen and oxygen atoms in total. The maximum absolute atomic E-state index is 6.01. The second kappa shape index (κ2) is 3.75. The first-order valence-corrected chi connectivity index (χ1v) is 4.80. The van der Waals surface area contributed by atoms with Crippen LogP contribution >= 0.6 is 0 Å². The van der Waals surface area contributed by atoms with Gasteiger partial charge in [0.2, 0.25) is 0 Å². The Labute approximate surface area is 75.5 Å². The molecule has 0 heterocycles. The van der Waals surface area contributed by atoms with Crippen LogP contribution in [0, 0.1) is 11.3 Å². The summed E-state index contributed by atoms with van der Waals surface area (Å²) in [7, 11) is 1.76. The summed E-state index contributed by atoms with van der Waals surface area (Å²) in [6, 6.07) is 0.359. The average Bonchev–Trinajstić information content (AvgIpc) is 1.97. The molecule has 2 N–H and O–H groups in total. The predicted molar refractivity (Wildman–Crippen MR) is 51.0 cm³/mol. The van der Waals surface area contributed by atoms with Crippen molar-refractivity contribution in [3.05, 3.63) is 0 Å². The van der Waals surface area contributed by atoms with Gasteiger partial charge < -0.3 is 10.5 Å². The topological polar surface area (TPSA) is 35.2 Å². The zero-order chi connectivity index (χ0) is 9.19. The second-order valence-corrected chi connectivity index (χ2v) is 4.79. The molecule has 72 valence electrons. The number of nitrogens with two attached hydrogens (primary N) is 1. The van der Waals surface area contributed by atoms with E-state index in [0.29, 0.717) is 17.4 Å². The highest BCUT2D eigenvalue weighted by Crippen LogP contribution is 2.37. The predicted octanol–water partition coefficient (Wildman–Crippen LogP) is 1.79. The van der Waals surface area contributed by atoms with Gasteiger partial charge in [-0.1, -0.05) is 13.8 Å². The van der Waals surface area contributed by atoms with Crippen LogP contribution in [0.1, 0.15) is 33.1 Å². The standard InChI is InChI=1S/C10H21NO/c1-10(2)5-4-9(11)8(6-10)7-12-3/h8-9H,4-7,11H2,1-3H3. The van der Waals surface area contributed by atoms with E-state index in [0.717, 1.165) is 13.0 Å². The molecule has 0 radical (unpaired) electrons. The van der Waals surface area contributed by atoms with Crippen molar-refractivity contribution in [1.82, 2.24) is 0 Å².